The van der Waals surface area contributed by atoms with Crippen LogP contribution < -0.4 is 10.1 Å². The molecule has 0 saturated carbocycles. The molecule has 5 nitrogen and oxygen atoms in total. The van der Waals surface area contributed by atoms with Crippen molar-refractivity contribution in [2.24, 2.45) is 0 Å². The van der Waals surface area contributed by atoms with Crippen LogP contribution in [-0.4, -0.2) is 43.8 Å². The van der Waals surface area contributed by atoms with Crippen molar-refractivity contribution < 1.29 is 14.3 Å². The van der Waals surface area contributed by atoms with E-state index in [0.717, 1.165) is 43.9 Å². The first-order valence-electron chi connectivity index (χ1n) is 9.38. The zero-order valence-electron chi connectivity index (χ0n) is 15.5. The number of carbonyl (C=O) groups excluding carboxylic acids is 2. The lowest BCUT2D eigenvalue weighted by Crippen LogP contribution is -2.41. The third-order valence-corrected chi connectivity index (χ3v) is 5.85. The molecule has 0 atom stereocenters. The number of carbonyl (C=O) groups is 2. The van der Waals surface area contributed by atoms with Crippen LogP contribution in [0.15, 0.2) is 42.5 Å². The molecule has 2 aromatic rings. The third kappa shape index (κ3) is 3.35. The van der Waals surface area contributed by atoms with Crippen LogP contribution >= 0.6 is 0 Å². The van der Waals surface area contributed by atoms with Gasteiger partial charge in [-0.05, 0) is 56.7 Å². The maximum atomic E-state index is 12.5. The molecule has 5 heteroatoms. The normalized spacial score (nSPS) is 18.0. The van der Waals surface area contributed by atoms with Crippen LogP contribution in [0.4, 0.5) is 0 Å². The zero-order valence-corrected chi connectivity index (χ0v) is 15.5. The number of hydrogen-bond donors (Lipinski definition) is 1. The van der Waals surface area contributed by atoms with Gasteiger partial charge in [-0.1, -0.05) is 24.3 Å². The van der Waals surface area contributed by atoms with Crippen molar-refractivity contribution in [2.45, 2.75) is 24.8 Å². The van der Waals surface area contributed by atoms with E-state index in [1.165, 1.54) is 5.56 Å². The minimum Gasteiger partial charge on any atom is -0.492 e. The molecule has 1 N–H and O–H groups in total. The molecule has 140 valence electrons. The van der Waals surface area contributed by atoms with E-state index in [-0.39, 0.29) is 11.3 Å². The Labute approximate surface area is 159 Å². The highest BCUT2D eigenvalue weighted by Crippen LogP contribution is 2.45. The van der Waals surface area contributed by atoms with Gasteiger partial charge in [0.25, 0.3) is 5.91 Å². The van der Waals surface area contributed by atoms with E-state index in [4.69, 9.17) is 4.74 Å². The van der Waals surface area contributed by atoms with E-state index in [0.29, 0.717) is 24.0 Å². The number of likely N-dealkylation sites (tertiary alicyclic amines) is 1. The van der Waals surface area contributed by atoms with E-state index >= 15 is 0 Å². The van der Waals surface area contributed by atoms with Crippen molar-refractivity contribution >= 4 is 12.2 Å². The molecule has 1 saturated heterocycles. The number of rotatable bonds is 4. The topological polar surface area (TPSA) is 58.6 Å². The van der Waals surface area contributed by atoms with Crippen molar-refractivity contribution in [3.05, 3.63) is 64.7 Å². The van der Waals surface area contributed by atoms with Crippen LogP contribution in [-0.2, 0) is 12.0 Å². The van der Waals surface area contributed by atoms with Crippen LogP contribution in [0.3, 0.4) is 0 Å². The molecule has 2 aliphatic heterocycles. The van der Waals surface area contributed by atoms with Gasteiger partial charge in [-0.25, -0.2) is 0 Å². The van der Waals surface area contributed by atoms with Gasteiger partial charge in [-0.3, -0.25) is 9.59 Å². The molecule has 1 fully saturated rings. The zero-order chi connectivity index (χ0) is 18.9. The molecule has 2 heterocycles. The Hall–Kier alpha value is -2.66. The highest BCUT2D eigenvalue weighted by atomic mass is 16.5. The first-order chi connectivity index (χ1) is 13.1. The summed E-state index contributed by atoms with van der Waals surface area (Å²) in [5.41, 5.74) is 3.24. The van der Waals surface area contributed by atoms with Crippen molar-refractivity contribution in [3.8, 4) is 5.75 Å². The van der Waals surface area contributed by atoms with E-state index in [2.05, 4.69) is 23.3 Å². The summed E-state index contributed by atoms with van der Waals surface area (Å²) in [6.45, 7) is 3.33. The summed E-state index contributed by atoms with van der Waals surface area (Å²) in [7, 11) is 2.16. The lowest BCUT2D eigenvalue weighted by molar-refractivity contribution is 0.0945. The van der Waals surface area contributed by atoms with Gasteiger partial charge >= 0.3 is 0 Å². The van der Waals surface area contributed by atoms with Gasteiger partial charge in [0.2, 0.25) is 0 Å². The Balaban J connectivity index is 1.50. The minimum atomic E-state index is -0.233. The number of hydrogen-bond acceptors (Lipinski definition) is 4. The van der Waals surface area contributed by atoms with E-state index in [1.54, 1.807) is 24.3 Å². The van der Waals surface area contributed by atoms with Gasteiger partial charge in [0.05, 0.1) is 6.61 Å². The smallest absolute Gasteiger partial charge is 0.252 e. The largest absolute Gasteiger partial charge is 0.492 e. The Morgan fingerprint density at radius 3 is 2.78 bits per heavy atom. The first kappa shape index (κ1) is 17.7. The summed E-state index contributed by atoms with van der Waals surface area (Å²) < 4.78 is 5.96. The minimum absolute atomic E-state index is 0.103. The Morgan fingerprint density at radius 2 is 2.00 bits per heavy atom. The summed E-state index contributed by atoms with van der Waals surface area (Å²) in [5, 5.41) is 2.93. The number of aldehydes is 1. The highest BCUT2D eigenvalue weighted by molar-refractivity contribution is 6.01. The number of nitrogens with zero attached hydrogens (tertiary/aromatic N) is 1. The van der Waals surface area contributed by atoms with Gasteiger partial charge in [0.15, 0.2) is 6.29 Å². The lowest BCUT2D eigenvalue weighted by atomic mass is 9.74. The molecule has 0 aromatic heterocycles. The van der Waals surface area contributed by atoms with E-state index < -0.39 is 0 Å². The van der Waals surface area contributed by atoms with Crippen LogP contribution in [0.2, 0.25) is 0 Å². The molecule has 2 aliphatic rings. The maximum Gasteiger partial charge on any atom is 0.252 e. The Bertz CT molecular complexity index is 870. The van der Waals surface area contributed by atoms with Crippen molar-refractivity contribution in [2.75, 3.05) is 26.7 Å². The second-order valence-electron chi connectivity index (χ2n) is 7.59. The maximum absolute atomic E-state index is 12.5. The molecular weight excluding hydrogens is 340 g/mol. The summed E-state index contributed by atoms with van der Waals surface area (Å²) in [6, 6.07) is 13.0. The molecule has 0 unspecified atom stereocenters. The average molecular weight is 364 g/mol. The fourth-order valence-electron chi connectivity index (χ4n) is 4.07. The average Bonchev–Trinajstić information content (AvgIpc) is 3.06. The SMILES string of the molecule is CN1CCC2(CC1)COc1ccc(CNC(=O)c3ccccc3C=O)cc12. The molecular formula is C22H24N2O3. The highest BCUT2D eigenvalue weighted by Gasteiger charge is 2.42. The number of fused-ring (bicyclic) bond motifs is 2. The summed E-state index contributed by atoms with van der Waals surface area (Å²) in [5.74, 6) is 0.740. The van der Waals surface area contributed by atoms with Gasteiger partial charge in [0, 0.05) is 28.7 Å². The van der Waals surface area contributed by atoms with Crippen LogP contribution in [0.25, 0.3) is 0 Å². The number of ether oxygens (including phenoxy) is 1. The molecule has 27 heavy (non-hydrogen) atoms. The first-order valence-corrected chi connectivity index (χ1v) is 9.38. The number of amides is 1. The van der Waals surface area contributed by atoms with Gasteiger partial charge in [0.1, 0.15) is 5.75 Å². The summed E-state index contributed by atoms with van der Waals surface area (Å²) in [4.78, 5) is 26.0. The van der Waals surface area contributed by atoms with E-state index in [9.17, 15) is 9.59 Å². The Kier molecular flexibility index (Phi) is 4.70. The number of piperidine rings is 1. The van der Waals surface area contributed by atoms with Crippen LogP contribution in [0, 0.1) is 0 Å². The molecule has 2 aromatic carbocycles. The predicted molar refractivity (Wildman–Crippen MR) is 103 cm³/mol. The fourth-order valence-corrected chi connectivity index (χ4v) is 4.07. The number of benzene rings is 2. The predicted octanol–water partition coefficient (Wildman–Crippen LogP) is 2.78. The summed E-state index contributed by atoms with van der Waals surface area (Å²) >= 11 is 0. The molecule has 1 spiro atoms. The van der Waals surface area contributed by atoms with Crippen LogP contribution in [0.1, 0.15) is 44.7 Å². The van der Waals surface area contributed by atoms with Crippen molar-refractivity contribution in [1.29, 1.82) is 0 Å². The number of nitrogens with one attached hydrogen (secondary N) is 1. The van der Waals surface area contributed by atoms with E-state index in [1.807, 2.05) is 12.1 Å². The quantitative estimate of drug-likeness (QED) is 0.848. The van der Waals surface area contributed by atoms with Gasteiger partial charge in [-0.2, -0.15) is 0 Å². The molecule has 1 amide bonds. The second-order valence-corrected chi connectivity index (χ2v) is 7.59. The Morgan fingerprint density at radius 1 is 1.22 bits per heavy atom. The molecule has 0 aliphatic carbocycles. The standard InChI is InChI=1S/C22H24N2O3/c1-24-10-8-22(9-11-24)15-27-20-7-6-16(12-19(20)22)13-23-21(26)18-5-3-2-4-17(18)14-25/h2-7,12,14H,8-11,13,15H2,1H3,(H,23,26). The second kappa shape index (κ2) is 7.16. The third-order valence-electron chi connectivity index (χ3n) is 5.85. The van der Waals surface area contributed by atoms with Gasteiger partial charge in [-0.15, -0.1) is 0 Å². The molecule has 0 bridgehead atoms. The lowest BCUT2D eigenvalue weighted by Gasteiger charge is -2.36. The molecule has 0 radical (unpaired) electrons. The van der Waals surface area contributed by atoms with Crippen LogP contribution in [0.5, 0.6) is 5.75 Å². The fraction of sp³-hybridized carbons (Fsp3) is 0.364. The van der Waals surface area contributed by atoms with Crippen molar-refractivity contribution in [3.63, 3.8) is 0 Å². The monoisotopic (exact) mass is 364 g/mol. The molecule has 4 rings (SSSR count). The van der Waals surface area contributed by atoms with Crippen molar-refractivity contribution in [1.82, 2.24) is 10.2 Å². The summed E-state index contributed by atoms with van der Waals surface area (Å²) in [6.07, 6.45) is 2.91. The van der Waals surface area contributed by atoms with Gasteiger partial charge < -0.3 is 15.0 Å².